The normalized spacial score (nSPS) is 21.9. The van der Waals surface area contributed by atoms with Crippen LogP contribution in [0.3, 0.4) is 0 Å². The van der Waals surface area contributed by atoms with Crippen LogP contribution < -0.4 is 5.32 Å². The smallest absolute Gasteiger partial charge is 0.308 e. The van der Waals surface area contributed by atoms with E-state index in [1.165, 1.54) is 5.56 Å². The average molecular weight is 289 g/mol. The highest BCUT2D eigenvalue weighted by Gasteiger charge is 2.43. The molecule has 1 aliphatic carbocycles. The number of carboxylic acid groups (broad SMARTS) is 1. The first kappa shape index (κ1) is 15.5. The molecular weight excluding hydrogens is 266 g/mol. The summed E-state index contributed by atoms with van der Waals surface area (Å²) in [5.41, 5.74) is 1.19. The Morgan fingerprint density at radius 3 is 2.52 bits per heavy atom. The van der Waals surface area contributed by atoms with Crippen molar-refractivity contribution in [3.8, 4) is 0 Å². The molecule has 0 aliphatic heterocycles. The van der Waals surface area contributed by atoms with Crippen molar-refractivity contribution in [2.24, 2.45) is 17.8 Å². The molecule has 4 nitrogen and oxygen atoms in total. The number of rotatable bonds is 7. The highest BCUT2D eigenvalue weighted by atomic mass is 16.4. The maximum Gasteiger partial charge on any atom is 0.308 e. The van der Waals surface area contributed by atoms with Crippen molar-refractivity contribution in [3.63, 3.8) is 0 Å². The van der Waals surface area contributed by atoms with Crippen LogP contribution >= 0.6 is 0 Å². The number of hydrogen-bond acceptors (Lipinski definition) is 2. The Morgan fingerprint density at radius 1 is 1.29 bits per heavy atom. The van der Waals surface area contributed by atoms with Crippen LogP contribution in [0.15, 0.2) is 30.3 Å². The molecule has 0 heterocycles. The standard InChI is InChI=1S/C17H23NO3/c1-11(2)8-13(17(20)21)10-18-16(19)15-9-14(15)12-6-4-3-5-7-12/h3-7,11,13-15H,8-10H2,1-2H3,(H,18,19)(H,20,21). The predicted octanol–water partition coefficient (Wildman–Crippen LogP) is 2.65. The van der Waals surface area contributed by atoms with E-state index in [1.54, 1.807) is 0 Å². The van der Waals surface area contributed by atoms with Crippen LogP contribution in [0.4, 0.5) is 0 Å². The van der Waals surface area contributed by atoms with Crippen molar-refractivity contribution in [1.29, 1.82) is 0 Å². The lowest BCUT2D eigenvalue weighted by Gasteiger charge is -2.15. The minimum atomic E-state index is -0.834. The van der Waals surface area contributed by atoms with Gasteiger partial charge in [0, 0.05) is 12.5 Å². The second kappa shape index (κ2) is 6.74. The molecule has 3 atom stereocenters. The topological polar surface area (TPSA) is 66.4 Å². The summed E-state index contributed by atoms with van der Waals surface area (Å²) >= 11 is 0. The molecule has 3 unspecified atom stereocenters. The van der Waals surface area contributed by atoms with Crippen molar-refractivity contribution in [1.82, 2.24) is 5.32 Å². The lowest BCUT2D eigenvalue weighted by molar-refractivity contribution is -0.142. The van der Waals surface area contributed by atoms with Gasteiger partial charge in [-0.25, -0.2) is 0 Å². The van der Waals surface area contributed by atoms with E-state index in [4.69, 9.17) is 5.11 Å². The van der Waals surface area contributed by atoms with E-state index >= 15 is 0 Å². The van der Waals surface area contributed by atoms with Gasteiger partial charge in [-0.1, -0.05) is 44.2 Å². The fraction of sp³-hybridized carbons (Fsp3) is 0.529. The maximum absolute atomic E-state index is 12.1. The monoisotopic (exact) mass is 289 g/mol. The molecule has 1 saturated carbocycles. The second-order valence-electron chi connectivity index (χ2n) is 6.27. The Labute approximate surface area is 125 Å². The molecule has 0 radical (unpaired) electrons. The van der Waals surface area contributed by atoms with Gasteiger partial charge in [0.1, 0.15) is 0 Å². The van der Waals surface area contributed by atoms with E-state index in [0.29, 0.717) is 18.3 Å². The van der Waals surface area contributed by atoms with E-state index < -0.39 is 11.9 Å². The fourth-order valence-corrected chi connectivity index (χ4v) is 2.75. The third-order valence-electron chi connectivity index (χ3n) is 3.98. The molecule has 1 fully saturated rings. The number of hydrogen-bond donors (Lipinski definition) is 2. The van der Waals surface area contributed by atoms with Gasteiger partial charge in [-0.05, 0) is 30.2 Å². The third-order valence-corrected chi connectivity index (χ3v) is 3.98. The Hall–Kier alpha value is -1.84. The van der Waals surface area contributed by atoms with Gasteiger partial charge in [-0.3, -0.25) is 9.59 Å². The Morgan fingerprint density at radius 2 is 1.95 bits per heavy atom. The van der Waals surface area contributed by atoms with E-state index in [9.17, 15) is 9.59 Å². The zero-order valence-electron chi connectivity index (χ0n) is 12.6. The molecular formula is C17H23NO3. The molecule has 4 heteroatoms. The number of benzene rings is 1. The Kier molecular flexibility index (Phi) is 4.99. The summed E-state index contributed by atoms with van der Waals surface area (Å²) in [7, 11) is 0. The van der Waals surface area contributed by atoms with Gasteiger partial charge in [0.15, 0.2) is 0 Å². The summed E-state index contributed by atoms with van der Waals surface area (Å²) in [6.07, 6.45) is 1.44. The lowest BCUT2D eigenvalue weighted by Crippen LogP contribution is -2.34. The molecule has 21 heavy (non-hydrogen) atoms. The van der Waals surface area contributed by atoms with Crippen molar-refractivity contribution in [2.75, 3.05) is 6.54 Å². The summed E-state index contributed by atoms with van der Waals surface area (Å²) in [4.78, 5) is 23.3. The van der Waals surface area contributed by atoms with Gasteiger partial charge >= 0.3 is 5.97 Å². The largest absolute Gasteiger partial charge is 0.481 e. The van der Waals surface area contributed by atoms with Crippen LogP contribution in [0, 0.1) is 17.8 Å². The number of carboxylic acids is 1. The summed E-state index contributed by atoms with van der Waals surface area (Å²) in [6.45, 7) is 4.21. The van der Waals surface area contributed by atoms with Gasteiger partial charge in [-0.2, -0.15) is 0 Å². The Bertz CT molecular complexity index is 498. The molecule has 114 valence electrons. The first-order valence-electron chi connectivity index (χ1n) is 7.54. The Balaban J connectivity index is 1.82. The van der Waals surface area contributed by atoms with Crippen molar-refractivity contribution < 1.29 is 14.7 Å². The maximum atomic E-state index is 12.1. The van der Waals surface area contributed by atoms with Crippen molar-refractivity contribution in [2.45, 2.75) is 32.6 Å². The molecule has 0 bridgehead atoms. The van der Waals surface area contributed by atoms with Crippen molar-refractivity contribution >= 4 is 11.9 Å². The molecule has 1 aromatic rings. The van der Waals surface area contributed by atoms with Gasteiger partial charge in [0.05, 0.1) is 5.92 Å². The minimum Gasteiger partial charge on any atom is -0.481 e. The quantitative estimate of drug-likeness (QED) is 0.811. The number of carbonyl (C=O) groups is 2. The third kappa shape index (κ3) is 4.31. The zero-order valence-corrected chi connectivity index (χ0v) is 12.6. The number of nitrogens with one attached hydrogen (secondary N) is 1. The molecule has 0 spiro atoms. The number of amides is 1. The van der Waals surface area contributed by atoms with E-state index in [2.05, 4.69) is 5.32 Å². The highest BCUT2D eigenvalue weighted by Crippen LogP contribution is 2.47. The van der Waals surface area contributed by atoms with Crippen LogP contribution in [0.25, 0.3) is 0 Å². The molecule has 0 aromatic heterocycles. The first-order valence-corrected chi connectivity index (χ1v) is 7.54. The average Bonchev–Trinajstić information content (AvgIpc) is 3.24. The van der Waals surface area contributed by atoms with E-state index in [1.807, 2.05) is 44.2 Å². The summed E-state index contributed by atoms with van der Waals surface area (Å²) in [5, 5.41) is 12.0. The van der Waals surface area contributed by atoms with Crippen LogP contribution in [-0.2, 0) is 9.59 Å². The van der Waals surface area contributed by atoms with Gasteiger partial charge in [0.2, 0.25) is 5.91 Å². The number of aliphatic carboxylic acids is 1. The molecule has 2 N–H and O–H groups in total. The van der Waals surface area contributed by atoms with Crippen LogP contribution in [0.2, 0.25) is 0 Å². The predicted molar refractivity (Wildman–Crippen MR) is 80.9 cm³/mol. The van der Waals surface area contributed by atoms with Gasteiger partial charge < -0.3 is 10.4 Å². The molecule has 0 saturated heterocycles. The van der Waals surface area contributed by atoms with Crippen LogP contribution in [0.1, 0.15) is 38.2 Å². The summed E-state index contributed by atoms with van der Waals surface area (Å²) in [6, 6.07) is 10.00. The highest BCUT2D eigenvalue weighted by molar-refractivity contribution is 5.83. The minimum absolute atomic E-state index is 0.000829. The second-order valence-corrected chi connectivity index (χ2v) is 6.27. The molecule has 2 rings (SSSR count). The fourth-order valence-electron chi connectivity index (χ4n) is 2.75. The lowest BCUT2D eigenvalue weighted by atomic mass is 9.97. The van der Waals surface area contributed by atoms with E-state index in [-0.39, 0.29) is 18.4 Å². The SMILES string of the molecule is CC(C)CC(CNC(=O)C1CC1c1ccccc1)C(=O)O. The number of carbonyl (C=O) groups excluding carboxylic acids is 1. The molecule has 1 aliphatic rings. The van der Waals surface area contributed by atoms with Gasteiger partial charge in [0.25, 0.3) is 0 Å². The summed E-state index contributed by atoms with van der Waals surface area (Å²) in [5.74, 6) is -0.748. The molecule has 1 aromatic carbocycles. The zero-order chi connectivity index (χ0) is 15.4. The van der Waals surface area contributed by atoms with E-state index in [0.717, 1.165) is 6.42 Å². The first-order chi connectivity index (χ1) is 9.99. The van der Waals surface area contributed by atoms with Gasteiger partial charge in [-0.15, -0.1) is 0 Å². The van der Waals surface area contributed by atoms with Crippen LogP contribution in [-0.4, -0.2) is 23.5 Å². The van der Waals surface area contributed by atoms with Crippen molar-refractivity contribution in [3.05, 3.63) is 35.9 Å². The summed E-state index contributed by atoms with van der Waals surface area (Å²) < 4.78 is 0. The van der Waals surface area contributed by atoms with Crippen LogP contribution in [0.5, 0.6) is 0 Å². The molecule has 1 amide bonds.